The number of ketones is 1. The van der Waals surface area contributed by atoms with E-state index in [-0.39, 0.29) is 11.7 Å². The van der Waals surface area contributed by atoms with Gasteiger partial charge >= 0.3 is 0 Å². The summed E-state index contributed by atoms with van der Waals surface area (Å²) in [4.78, 5) is 16.3. The molecule has 1 atom stereocenters. The van der Waals surface area contributed by atoms with Crippen LogP contribution in [0.1, 0.15) is 35.2 Å². The number of nitrogens with zero attached hydrogens (tertiary/aromatic N) is 2. The largest absolute Gasteiger partial charge is 0.294 e. The van der Waals surface area contributed by atoms with Crippen LogP contribution in [0.4, 0.5) is 0 Å². The lowest BCUT2D eigenvalue weighted by atomic mass is 9.91. The van der Waals surface area contributed by atoms with Crippen LogP contribution in [0.5, 0.6) is 0 Å². The van der Waals surface area contributed by atoms with Gasteiger partial charge in [0.05, 0.1) is 6.26 Å². The van der Waals surface area contributed by atoms with Gasteiger partial charge in [0.25, 0.3) is 0 Å². The molecule has 1 aliphatic heterocycles. The molecule has 0 bridgehead atoms. The maximum absolute atomic E-state index is 12.3. The maximum atomic E-state index is 12.3. The van der Waals surface area contributed by atoms with Crippen molar-refractivity contribution < 1.29 is 13.2 Å². The molecule has 0 saturated carbocycles. The van der Waals surface area contributed by atoms with E-state index in [2.05, 4.69) is 4.98 Å². The molecule has 1 unspecified atom stereocenters. The Bertz CT molecular complexity index is 598. The van der Waals surface area contributed by atoms with Gasteiger partial charge in [-0.2, -0.15) is 0 Å². The molecule has 0 aliphatic carbocycles. The fourth-order valence-electron chi connectivity index (χ4n) is 2.65. The van der Waals surface area contributed by atoms with E-state index in [1.54, 1.807) is 18.5 Å². The number of carbonyl (C=O) groups is 1. The minimum atomic E-state index is -3.16. The van der Waals surface area contributed by atoms with E-state index in [9.17, 15) is 13.2 Å². The Morgan fingerprint density at radius 1 is 1.50 bits per heavy atom. The number of pyridine rings is 1. The second-order valence-electron chi connectivity index (χ2n) is 5.45. The predicted octanol–water partition coefficient (Wildman–Crippen LogP) is 1.63. The zero-order chi connectivity index (χ0) is 14.8. The highest BCUT2D eigenvalue weighted by Crippen LogP contribution is 2.23. The molecule has 0 radical (unpaired) electrons. The van der Waals surface area contributed by atoms with Gasteiger partial charge < -0.3 is 0 Å². The van der Waals surface area contributed by atoms with Gasteiger partial charge in [0.2, 0.25) is 10.0 Å². The minimum absolute atomic E-state index is 0.0743. The Morgan fingerprint density at radius 3 is 2.90 bits per heavy atom. The molecule has 110 valence electrons. The normalized spacial score (nSPS) is 20.8. The molecule has 1 saturated heterocycles. The second kappa shape index (κ2) is 6.01. The molecule has 0 N–H and O–H groups in total. The van der Waals surface area contributed by atoms with Crippen molar-refractivity contribution in [3.8, 4) is 0 Å². The van der Waals surface area contributed by atoms with Crippen molar-refractivity contribution in [2.24, 2.45) is 5.92 Å². The van der Waals surface area contributed by atoms with Gasteiger partial charge in [-0.05, 0) is 37.3 Å². The number of hydrogen-bond donors (Lipinski definition) is 0. The summed E-state index contributed by atoms with van der Waals surface area (Å²) in [7, 11) is -3.16. The molecule has 1 aromatic heterocycles. The third-order valence-corrected chi connectivity index (χ3v) is 5.02. The molecule has 5 nitrogen and oxygen atoms in total. The molecule has 0 spiro atoms. The van der Waals surface area contributed by atoms with Crippen molar-refractivity contribution in [2.45, 2.75) is 26.2 Å². The van der Waals surface area contributed by atoms with Crippen LogP contribution in [0.25, 0.3) is 0 Å². The van der Waals surface area contributed by atoms with E-state index in [1.165, 1.54) is 10.6 Å². The van der Waals surface area contributed by atoms with Gasteiger partial charge in [0, 0.05) is 37.5 Å². The highest BCUT2D eigenvalue weighted by molar-refractivity contribution is 7.88. The average Bonchev–Trinajstić information content (AvgIpc) is 2.38. The maximum Gasteiger partial charge on any atom is 0.211 e. The van der Waals surface area contributed by atoms with Crippen molar-refractivity contribution >= 4 is 15.8 Å². The van der Waals surface area contributed by atoms with Gasteiger partial charge in [0.1, 0.15) is 0 Å². The second-order valence-corrected chi connectivity index (χ2v) is 7.43. The fraction of sp³-hybridized carbons (Fsp3) is 0.571. The van der Waals surface area contributed by atoms with Gasteiger partial charge in [-0.3, -0.25) is 9.78 Å². The molecular formula is C14H20N2O3S. The van der Waals surface area contributed by atoms with E-state index in [1.807, 2.05) is 6.92 Å². The number of Topliss-reactive ketones (excluding diaryl/α,β-unsaturated/α-hetero) is 1. The first-order valence-corrected chi connectivity index (χ1v) is 8.61. The van der Waals surface area contributed by atoms with Crippen LogP contribution in [0, 0.1) is 12.8 Å². The van der Waals surface area contributed by atoms with Gasteiger partial charge in [0.15, 0.2) is 5.78 Å². The first-order chi connectivity index (χ1) is 9.38. The lowest BCUT2D eigenvalue weighted by molar-refractivity contribution is 0.0941. The molecule has 0 aromatic carbocycles. The molecule has 6 heteroatoms. The van der Waals surface area contributed by atoms with Crippen LogP contribution in [-0.4, -0.2) is 42.8 Å². The van der Waals surface area contributed by atoms with Crippen molar-refractivity contribution in [3.63, 3.8) is 0 Å². The van der Waals surface area contributed by atoms with E-state index in [0.717, 1.165) is 18.4 Å². The molecule has 1 fully saturated rings. The highest BCUT2D eigenvalue weighted by Gasteiger charge is 2.27. The molecule has 20 heavy (non-hydrogen) atoms. The molecule has 1 aromatic rings. The third-order valence-electron chi connectivity index (χ3n) is 3.75. The summed E-state index contributed by atoms with van der Waals surface area (Å²) in [5.74, 6) is 0.184. The number of carbonyl (C=O) groups excluding carboxylic acids is 1. The van der Waals surface area contributed by atoms with Crippen molar-refractivity contribution in [1.29, 1.82) is 0 Å². The van der Waals surface area contributed by atoms with E-state index in [0.29, 0.717) is 25.1 Å². The van der Waals surface area contributed by atoms with Crippen LogP contribution in [-0.2, 0) is 10.0 Å². The SMILES string of the molecule is Cc1cnccc1C(=O)CC1CCCN(S(C)(=O)=O)C1. The number of aromatic nitrogens is 1. The van der Waals surface area contributed by atoms with E-state index in [4.69, 9.17) is 0 Å². The van der Waals surface area contributed by atoms with Crippen LogP contribution in [0.15, 0.2) is 18.5 Å². The zero-order valence-corrected chi connectivity index (χ0v) is 12.7. The number of hydrogen-bond acceptors (Lipinski definition) is 4. The van der Waals surface area contributed by atoms with Crippen molar-refractivity contribution in [2.75, 3.05) is 19.3 Å². The molecule has 0 amide bonds. The summed E-state index contributed by atoms with van der Waals surface area (Å²) in [6.07, 6.45) is 6.64. The first-order valence-electron chi connectivity index (χ1n) is 6.77. The van der Waals surface area contributed by atoms with Gasteiger partial charge in [-0.15, -0.1) is 0 Å². The number of sulfonamides is 1. The van der Waals surface area contributed by atoms with Gasteiger partial charge in [-0.1, -0.05) is 0 Å². The van der Waals surface area contributed by atoms with E-state index >= 15 is 0 Å². The Kier molecular flexibility index (Phi) is 4.55. The molecule has 1 aliphatic rings. The molecule has 2 rings (SSSR count). The van der Waals surface area contributed by atoms with Crippen molar-refractivity contribution in [3.05, 3.63) is 29.6 Å². The first kappa shape index (κ1) is 15.1. The number of aryl methyl sites for hydroxylation is 1. The van der Waals surface area contributed by atoms with E-state index < -0.39 is 10.0 Å². The number of piperidine rings is 1. The Balaban J connectivity index is 2.03. The van der Waals surface area contributed by atoms with Crippen LogP contribution < -0.4 is 0 Å². The Labute approximate surface area is 120 Å². The average molecular weight is 296 g/mol. The quantitative estimate of drug-likeness (QED) is 0.792. The summed E-state index contributed by atoms with van der Waals surface area (Å²) in [5.41, 5.74) is 1.56. The zero-order valence-electron chi connectivity index (χ0n) is 11.9. The Morgan fingerprint density at radius 2 is 2.25 bits per heavy atom. The van der Waals surface area contributed by atoms with Crippen molar-refractivity contribution in [1.82, 2.24) is 9.29 Å². The lowest BCUT2D eigenvalue weighted by Crippen LogP contribution is -2.39. The lowest BCUT2D eigenvalue weighted by Gasteiger charge is -2.30. The van der Waals surface area contributed by atoms with Gasteiger partial charge in [-0.25, -0.2) is 12.7 Å². The molecular weight excluding hydrogens is 276 g/mol. The highest BCUT2D eigenvalue weighted by atomic mass is 32.2. The fourth-order valence-corrected chi connectivity index (χ4v) is 3.60. The topological polar surface area (TPSA) is 67.3 Å². The standard InChI is InChI=1S/C14H20N2O3S/c1-11-9-15-6-5-13(11)14(17)8-12-4-3-7-16(10-12)20(2,18)19/h5-6,9,12H,3-4,7-8,10H2,1-2H3. The van der Waals surface area contributed by atoms with Crippen LogP contribution >= 0.6 is 0 Å². The number of rotatable bonds is 4. The smallest absolute Gasteiger partial charge is 0.211 e. The minimum Gasteiger partial charge on any atom is -0.294 e. The Hall–Kier alpha value is -1.27. The summed E-state index contributed by atoms with van der Waals surface area (Å²) in [6, 6.07) is 1.73. The summed E-state index contributed by atoms with van der Waals surface area (Å²) in [5, 5.41) is 0. The monoisotopic (exact) mass is 296 g/mol. The third kappa shape index (κ3) is 3.64. The summed E-state index contributed by atoms with van der Waals surface area (Å²) >= 11 is 0. The predicted molar refractivity (Wildman–Crippen MR) is 77.1 cm³/mol. The van der Waals surface area contributed by atoms with Crippen LogP contribution in [0.2, 0.25) is 0 Å². The van der Waals surface area contributed by atoms with Crippen LogP contribution in [0.3, 0.4) is 0 Å². The molecule has 2 heterocycles. The summed E-state index contributed by atoms with van der Waals surface area (Å²) < 4.78 is 24.6. The summed E-state index contributed by atoms with van der Waals surface area (Å²) in [6.45, 7) is 2.89.